The fourth-order valence-corrected chi connectivity index (χ4v) is 4.66. The van der Waals surface area contributed by atoms with Crippen LogP contribution in [0.25, 0.3) is 0 Å². The molecule has 0 bridgehead atoms. The second kappa shape index (κ2) is 14.8. The molecule has 1 atom stereocenters. The molecule has 10 heteroatoms. The SMILES string of the molecule is COc1ccc(C2CC=CN(C(=O)c3cccc(NC(=O)OCCCN(C)C)c3)N2)cc1OC1CCCC1.Cl. The fourth-order valence-electron chi connectivity index (χ4n) is 4.66. The van der Waals surface area contributed by atoms with Crippen molar-refractivity contribution in [1.82, 2.24) is 15.3 Å². The van der Waals surface area contributed by atoms with Crippen LogP contribution in [-0.2, 0) is 4.74 Å². The molecule has 1 fully saturated rings. The van der Waals surface area contributed by atoms with Crippen molar-refractivity contribution < 1.29 is 23.8 Å². The monoisotopic (exact) mass is 558 g/mol. The molecule has 212 valence electrons. The first-order valence-corrected chi connectivity index (χ1v) is 13.2. The lowest BCUT2D eigenvalue weighted by Crippen LogP contribution is -2.43. The van der Waals surface area contributed by atoms with Gasteiger partial charge in [-0.25, -0.2) is 15.2 Å². The Bertz CT molecular complexity index is 1140. The number of nitrogens with zero attached hydrogens (tertiary/aromatic N) is 2. The van der Waals surface area contributed by atoms with Crippen LogP contribution in [-0.4, -0.2) is 62.4 Å². The summed E-state index contributed by atoms with van der Waals surface area (Å²) in [7, 11) is 5.58. The summed E-state index contributed by atoms with van der Waals surface area (Å²) >= 11 is 0. The van der Waals surface area contributed by atoms with Crippen LogP contribution in [0.4, 0.5) is 10.5 Å². The van der Waals surface area contributed by atoms with Crippen molar-refractivity contribution in [3.8, 4) is 11.5 Å². The molecule has 0 aromatic heterocycles. The minimum absolute atomic E-state index is 0. The maximum atomic E-state index is 13.3. The van der Waals surface area contributed by atoms with Gasteiger partial charge in [0.15, 0.2) is 11.5 Å². The molecule has 1 unspecified atom stereocenters. The zero-order valence-electron chi connectivity index (χ0n) is 22.9. The third-order valence-electron chi connectivity index (χ3n) is 6.66. The van der Waals surface area contributed by atoms with Gasteiger partial charge < -0.3 is 19.1 Å². The second-order valence-corrected chi connectivity index (χ2v) is 9.91. The Morgan fingerprint density at radius 1 is 1.10 bits per heavy atom. The molecular formula is C29H39ClN4O5. The average molecular weight is 559 g/mol. The van der Waals surface area contributed by atoms with Crippen molar-refractivity contribution >= 4 is 30.1 Å². The van der Waals surface area contributed by atoms with E-state index in [-0.39, 0.29) is 30.5 Å². The second-order valence-electron chi connectivity index (χ2n) is 9.91. The van der Waals surface area contributed by atoms with Crippen LogP contribution in [0, 0.1) is 0 Å². The molecule has 0 radical (unpaired) electrons. The molecule has 2 N–H and O–H groups in total. The van der Waals surface area contributed by atoms with Gasteiger partial charge in [0.05, 0.1) is 25.9 Å². The number of hydrogen-bond donors (Lipinski definition) is 2. The number of methoxy groups -OCH3 is 1. The summed E-state index contributed by atoms with van der Waals surface area (Å²) in [5.41, 5.74) is 5.26. The summed E-state index contributed by atoms with van der Waals surface area (Å²) in [6.45, 7) is 1.16. The van der Waals surface area contributed by atoms with Crippen LogP contribution in [0.3, 0.4) is 0 Å². The van der Waals surface area contributed by atoms with Crippen LogP contribution >= 0.6 is 12.4 Å². The van der Waals surface area contributed by atoms with Crippen molar-refractivity contribution in [2.45, 2.75) is 50.7 Å². The van der Waals surface area contributed by atoms with E-state index in [1.807, 2.05) is 43.3 Å². The Hall–Kier alpha value is -3.27. The number of hydrogen-bond acceptors (Lipinski definition) is 7. The molecule has 2 amide bonds. The molecule has 2 aliphatic rings. The van der Waals surface area contributed by atoms with E-state index in [0.717, 1.165) is 43.5 Å². The third kappa shape index (κ3) is 8.61. The number of anilines is 1. The molecule has 39 heavy (non-hydrogen) atoms. The minimum atomic E-state index is -0.542. The Morgan fingerprint density at radius 2 is 1.90 bits per heavy atom. The quantitative estimate of drug-likeness (QED) is 0.370. The van der Waals surface area contributed by atoms with Crippen LogP contribution in [0.5, 0.6) is 11.5 Å². The summed E-state index contributed by atoms with van der Waals surface area (Å²) in [4.78, 5) is 27.5. The number of nitrogens with one attached hydrogen (secondary N) is 2. The van der Waals surface area contributed by atoms with Crippen molar-refractivity contribution in [2.24, 2.45) is 0 Å². The van der Waals surface area contributed by atoms with Crippen LogP contribution in [0.2, 0.25) is 0 Å². The molecule has 0 spiro atoms. The number of amides is 2. The molecule has 1 aliphatic carbocycles. The number of hydrazine groups is 1. The van der Waals surface area contributed by atoms with Gasteiger partial charge in [-0.2, -0.15) is 0 Å². The van der Waals surface area contributed by atoms with E-state index >= 15 is 0 Å². The number of ether oxygens (including phenoxy) is 3. The largest absolute Gasteiger partial charge is 0.493 e. The Kier molecular flexibility index (Phi) is 11.5. The van der Waals surface area contributed by atoms with E-state index in [4.69, 9.17) is 14.2 Å². The fraction of sp³-hybridized carbons (Fsp3) is 0.448. The van der Waals surface area contributed by atoms with Crippen molar-refractivity contribution in [2.75, 3.05) is 39.7 Å². The Morgan fingerprint density at radius 3 is 2.64 bits per heavy atom. The molecule has 1 heterocycles. The molecular weight excluding hydrogens is 520 g/mol. The highest BCUT2D eigenvalue weighted by Gasteiger charge is 2.24. The van der Waals surface area contributed by atoms with Crippen LogP contribution in [0.15, 0.2) is 54.7 Å². The van der Waals surface area contributed by atoms with Gasteiger partial charge in [0, 0.05) is 24.0 Å². The highest BCUT2D eigenvalue weighted by molar-refractivity contribution is 5.96. The van der Waals surface area contributed by atoms with Crippen molar-refractivity contribution in [3.63, 3.8) is 0 Å². The van der Waals surface area contributed by atoms with Crippen LogP contribution < -0.4 is 20.2 Å². The molecule has 2 aromatic rings. The van der Waals surface area contributed by atoms with Crippen LogP contribution in [0.1, 0.15) is 60.5 Å². The van der Waals surface area contributed by atoms with Gasteiger partial charge in [-0.1, -0.05) is 18.2 Å². The zero-order chi connectivity index (χ0) is 26.9. The number of carbonyl (C=O) groups excluding carboxylic acids is 2. The number of halogens is 1. The van der Waals surface area contributed by atoms with Gasteiger partial charge in [-0.3, -0.25) is 10.1 Å². The predicted molar refractivity (Wildman–Crippen MR) is 154 cm³/mol. The van der Waals surface area contributed by atoms with Gasteiger partial charge >= 0.3 is 6.09 Å². The molecule has 0 saturated heterocycles. The van der Waals surface area contributed by atoms with Gasteiger partial charge in [0.1, 0.15) is 0 Å². The Balaban J connectivity index is 0.00000420. The number of rotatable bonds is 10. The molecule has 2 aromatic carbocycles. The van der Waals surface area contributed by atoms with Crippen molar-refractivity contribution in [1.29, 1.82) is 0 Å². The van der Waals surface area contributed by atoms with Crippen molar-refractivity contribution in [3.05, 3.63) is 65.9 Å². The maximum Gasteiger partial charge on any atom is 0.411 e. The lowest BCUT2D eigenvalue weighted by molar-refractivity contribution is 0.0713. The summed E-state index contributed by atoms with van der Waals surface area (Å²) in [5, 5.41) is 4.18. The summed E-state index contributed by atoms with van der Waals surface area (Å²) in [5.74, 6) is 1.21. The first-order valence-electron chi connectivity index (χ1n) is 13.2. The van der Waals surface area contributed by atoms with Gasteiger partial charge in [0.25, 0.3) is 5.91 Å². The summed E-state index contributed by atoms with van der Waals surface area (Å²) in [6, 6.07) is 12.6. The number of benzene rings is 2. The summed E-state index contributed by atoms with van der Waals surface area (Å²) < 4.78 is 17.0. The number of carbonyl (C=O) groups is 2. The van der Waals surface area contributed by atoms with E-state index in [9.17, 15) is 9.59 Å². The predicted octanol–water partition coefficient (Wildman–Crippen LogP) is 5.54. The summed E-state index contributed by atoms with van der Waals surface area (Å²) in [6.07, 6.45) is 9.33. The van der Waals surface area contributed by atoms with Gasteiger partial charge in [-0.05, 0) is 88.5 Å². The minimum Gasteiger partial charge on any atom is -0.493 e. The lowest BCUT2D eigenvalue weighted by atomic mass is 10.0. The Labute approximate surface area is 236 Å². The highest BCUT2D eigenvalue weighted by atomic mass is 35.5. The van der Waals surface area contributed by atoms with E-state index in [0.29, 0.717) is 23.6 Å². The molecule has 1 aliphatic heterocycles. The standard InChI is InChI=1S/C29H38N4O5.ClH/c1-32(2)16-8-18-37-29(35)30-23-10-6-9-22(19-23)28(34)33-17-7-13-25(31-33)21-14-15-26(36-3)27(20-21)38-24-11-4-5-12-24;/h6-7,9-10,14-15,17,19-20,24-25,31H,4-5,8,11-13,16,18H2,1-3H3,(H,30,35);1H. The zero-order valence-corrected chi connectivity index (χ0v) is 23.7. The van der Waals surface area contributed by atoms with Gasteiger partial charge in [0.2, 0.25) is 0 Å². The first-order chi connectivity index (χ1) is 18.4. The highest BCUT2D eigenvalue weighted by Crippen LogP contribution is 2.35. The van der Waals surface area contributed by atoms with Gasteiger partial charge in [-0.15, -0.1) is 12.4 Å². The third-order valence-corrected chi connectivity index (χ3v) is 6.66. The van der Waals surface area contributed by atoms with E-state index in [1.165, 1.54) is 17.9 Å². The molecule has 4 rings (SSSR count). The first kappa shape index (κ1) is 30.3. The maximum absolute atomic E-state index is 13.3. The molecule has 9 nitrogen and oxygen atoms in total. The topological polar surface area (TPSA) is 92.4 Å². The van der Waals surface area contributed by atoms with E-state index in [1.54, 1.807) is 37.6 Å². The lowest BCUT2D eigenvalue weighted by Gasteiger charge is -2.30. The smallest absolute Gasteiger partial charge is 0.411 e. The normalized spacial score (nSPS) is 17.0. The van der Waals surface area contributed by atoms with E-state index < -0.39 is 6.09 Å². The van der Waals surface area contributed by atoms with E-state index in [2.05, 4.69) is 10.7 Å². The molecule has 1 saturated carbocycles. The average Bonchev–Trinajstić information content (AvgIpc) is 3.44.